The summed E-state index contributed by atoms with van der Waals surface area (Å²) in [7, 11) is 1.24. The fourth-order valence-corrected chi connectivity index (χ4v) is 2.80. The lowest BCUT2D eigenvalue weighted by atomic mass is 10.00. The first-order chi connectivity index (χ1) is 11.1. The highest BCUT2D eigenvalue weighted by atomic mass is 19.1. The molecule has 0 bridgehead atoms. The number of ether oxygens (including phenoxy) is 1. The lowest BCUT2D eigenvalue weighted by molar-refractivity contribution is 0.0595. The Morgan fingerprint density at radius 3 is 2.65 bits per heavy atom. The molecule has 0 aliphatic carbocycles. The minimum atomic E-state index is -0.670. The van der Waals surface area contributed by atoms with E-state index in [0.717, 1.165) is 29.8 Å². The molecule has 0 amide bonds. The fraction of sp³-hybridized carbons (Fsp3) is 0.211. The van der Waals surface area contributed by atoms with Gasteiger partial charge in [-0.1, -0.05) is 18.1 Å². The smallest absolute Gasteiger partial charge is 0.340 e. The van der Waals surface area contributed by atoms with E-state index >= 15 is 0 Å². The first kappa shape index (κ1) is 15.1. The van der Waals surface area contributed by atoms with Gasteiger partial charge in [-0.15, -0.1) is 0 Å². The Labute approximate surface area is 134 Å². The van der Waals surface area contributed by atoms with E-state index in [0.29, 0.717) is 0 Å². The molecule has 0 N–H and O–H groups in total. The highest BCUT2D eigenvalue weighted by Gasteiger charge is 2.19. The van der Waals surface area contributed by atoms with Crippen LogP contribution in [-0.2, 0) is 11.2 Å². The number of nitrogens with zero attached hydrogens (tertiary/aromatic N) is 1. The van der Waals surface area contributed by atoms with Gasteiger partial charge in [0, 0.05) is 12.6 Å². The van der Waals surface area contributed by atoms with E-state index in [9.17, 15) is 9.18 Å². The molecule has 1 aliphatic heterocycles. The van der Waals surface area contributed by atoms with Crippen LogP contribution in [0, 0.1) is 17.8 Å². The molecule has 0 saturated carbocycles. The molecule has 3 rings (SSSR count). The van der Waals surface area contributed by atoms with Crippen LogP contribution in [0.2, 0.25) is 0 Å². The van der Waals surface area contributed by atoms with Crippen molar-refractivity contribution in [1.82, 2.24) is 0 Å². The van der Waals surface area contributed by atoms with Gasteiger partial charge < -0.3 is 9.64 Å². The summed E-state index contributed by atoms with van der Waals surface area (Å²) in [6.07, 6.45) is 0.917. The summed E-state index contributed by atoms with van der Waals surface area (Å²) in [5, 5.41) is 0. The Hall–Kier alpha value is -2.80. The normalized spacial score (nSPS) is 12.4. The first-order valence-corrected chi connectivity index (χ1v) is 7.35. The number of hydrogen-bond acceptors (Lipinski definition) is 3. The van der Waals surface area contributed by atoms with Gasteiger partial charge in [-0.25, -0.2) is 9.18 Å². The third-order valence-corrected chi connectivity index (χ3v) is 3.93. The largest absolute Gasteiger partial charge is 0.465 e. The Bertz CT molecular complexity index is 833. The number of fused-ring (bicyclic) bond motifs is 1. The summed E-state index contributed by atoms with van der Waals surface area (Å²) in [5.41, 5.74) is 3.91. The molecule has 0 unspecified atom stereocenters. The van der Waals surface area contributed by atoms with E-state index < -0.39 is 11.8 Å². The molecular weight excluding hydrogens is 293 g/mol. The van der Waals surface area contributed by atoms with E-state index in [-0.39, 0.29) is 5.56 Å². The number of benzene rings is 2. The van der Waals surface area contributed by atoms with Gasteiger partial charge in [0.1, 0.15) is 5.82 Å². The Morgan fingerprint density at radius 2 is 1.96 bits per heavy atom. The van der Waals surface area contributed by atoms with Gasteiger partial charge in [0.15, 0.2) is 0 Å². The van der Waals surface area contributed by atoms with Crippen LogP contribution in [0.1, 0.15) is 22.8 Å². The van der Waals surface area contributed by atoms with Crippen molar-refractivity contribution in [2.45, 2.75) is 13.3 Å². The molecule has 0 spiro atoms. The summed E-state index contributed by atoms with van der Waals surface area (Å²) in [6, 6.07) is 13.6. The quantitative estimate of drug-likeness (QED) is 0.627. The molecule has 2 aromatic rings. The zero-order chi connectivity index (χ0) is 16.4. The average Bonchev–Trinajstić information content (AvgIpc) is 2.97. The van der Waals surface area contributed by atoms with Gasteiger partial charge in [0.2, 0.25) is 0 Å². The highest BCUT2D eigenvalue weighted by Crippen LogP contribution is 2.32. The Kier molecular flexibility index (Phi) is 4.03. The van der Waals surface area contributed by atoms with Gasteiger partial charge in [-0.05, 0) is 54.3 Å². The van der Waals surface area contributed by atoms with Crippen molar-refractivity contribution in [3.63, 3.8) is 0 Å². The molecule has 1 heterocycles. The third-order valence-electron chi connectivity index (χ3n) is 3.93. The average molecular weight is 309 g/mol. The van der Waals surface area contributed by atoms with Gasteiger partial charge in [-0.3, -0.25) is 0 Å². The van der Waals surface area contributed by atoms with E-state index in [1.54, 1.807) is 6.07 Å². The standard InChI is InChI=1S/C19H16FNO2/c1-3-9-21-10-8-15-11-13(5-7-18(15)21)14-4-6-16(17(20)12-14)19(22)23-2/h4-7,11-12H,8,10H2,1-2H3. The summed E-state index contributed by atoms with van der Waals surface area (Å²) in [6.45, 7) is 2.69. The second-order valence-electron chi connectivity index (χ2n) is 5.29. The molecule has 1 aliphatic rings. The number of hydrogen-bond donors (Lipinski definition) is 0. The van der Waals surface area contributed by atoms with E-state index in [2.05, 4.69) is 22.8 Å². The molecule has 116 valence electrons. The maximum atomic E-state index is 14.1. The molecule has 0 saturated heterocycles. The van der Waals surface area contributed by atoms with Crippen LogP contribution in [0.25, 0.3) is 11.1 Å². The van der Waals surface area contributed by atoms with Crippen molar-refractivity contribution in [1.29, 1.82) is 0 Å². The molecule has 0 radical (unpaired) electrons. The molecule has 2 aromatic carbocycles. The minimum Gasteiger partial charge on any atom is -0.465 e. The first-order valence-electron chi connectivity index (χ1n) is 7.35. The van der Waals surface area contributed by atoms with Crippen LogP contribution >= 0.6 is 0 Å². The number of halogens is 1. The molecule has 0 fully saturated rings. The van der Waals surface area contributed by atoms with Gasteiger partial charge >= 0.3 is 5.97 Å². The van der Waals surface area contributed by atoms with Crippen LogP contribution < -0.4 is 4.90 Å². The van der Waals surface area contributed by atoms with Crippen molar-refractivity contribution < 1.29 is 13.9 Å². The topological polar surface area (TPSA) is 29.5 Å². The number of methoxy groups -OCH3 is 1. The Morgan fingerprint density at radius 1 is 1.22 bits per heavy atom. The summed E-state index contributed by atoms with van der Waals surface area (Å²) >= 11 is 0. The predicted molar refractivity (Wildman–Crippen MR) is 87.7 cm³/mol. The molecule has 23 heavy (non-hydrogen) atoms. The molecule has 4 heteroatoms. The molecule has 3 nitrogen and oxygen atoms in total. The highest BCUT2D eigenvalue weighted by molar-refractivity contribution is 5.90. The van der Waals surface area contributed by atoms with Crippen molar-refractivity contribution in [2.24, 2.45) is 0 Å². The number of anilines is 1. The third kappa shape index (κ3) is 2.78. The van der Waals surface area contributed by atoms with Crippen LogP contribution in [0.5, 0.6) is 0 Å². The second-order valence-corrected chi connectivity index (χ2v) is 5.29. The maximum Gasteiger partial charge on any atom is 0.340 e. The van der Waals surface area contributed by atoms with E-state index in [4.69, 9.17) is 0 Å². The minimum absolute atomic E-state index is 0.0539. The number of carbonyl (C=O) groups is 1. The lowest BCUT2D eigenvalue weighted by Crippen LogP contribution is -2.12. The van der Waals surface area contributed by atoms with Gasteiger partial charge in [0.05, 0.1) is 18.4 Å². The van der Waals surface area contributed by atoms with Crippen LogP contribution in [0.15, 0.2) is 36.4 Å². The van der Waals surface area contributed by atoms with Crippen LogP contribution in [0.4, 0.5) is 10.1 Å². The molecule has 0 aromatic heterocycles. The maximum absolute atomic E-state index is 14.1. The van der Waals surface area contributed by atoms with Crippen LogP contribution in [-0.4, -0.2) is 19.6 Å². The number of esters is 1. The zero-order valence-corrected chi connectivity index (χ0v) is 13.0. The number of carbonyl (C=O) groups excluding carboxylic acids is 1. The fourth-order valence-electron chi connectivity index (χ4n) is 2.80. The second kappa shape index (κ2) is 6.13. The van der Waals surface area contributed by atoms with Gasteiger partial charge in [0.25, 0.3) is 0 Å². The van der Waals surface area contributed by atoms with Crippen LogP contribution in [0.3, 0.4) is 0 Å². The van der Waals surface area contributed by atoms with Crippen molar-refractivity contribution in [3.05, 3.63) is 53.3 Å². The monoisotopic (exact) mass is 309 g/mol. The summed E-state index contributed by atoms with van der Waals surface area (Å²) < 4.78 is 18.6. The molecular formula is C19H16FNO2. The summed E-state index contributed by atoms with van der Waals surface area (Å²) in [4.78, 5) is 13.5. The Balaban J connectivity index is 1.96. The zero-order valence-electron chi connectivity index (χ0n) is 13.0. The predicted octanol–water partition coefficient (Wildman–Crippen LogP) is 3.62. The SMILES string of the molecule is CC#CN1CCc2cc(-c3ccc(C(=O)OC)c(F)c3)ccc21. The lowest BCUT2D eigenvalue weighted by Gasteiger charge is -2.11. The number of rotatable bonds is 2. The van der Waals surface area contributed by atoms with E-state index in [1.807, 2.05) is 24.0 Å². The summed E-state index contributed by atoms with van der Waals surface area (Å²) in [5.74, 6) is 1.66. The van der Waals surface area contributed by atoms with E-state index in [1.165, 1.54) is 24.8 Å². The van der Waals surface area contributed by atoms with Crippen molar-refractivity contribution in [3.8, 4) is 23.1 Å². The van der Waals surface area contributed by atoms with Crippen molar-refractivity contribution in [2.75, 3.05) is 18.6 Å². The van der Waals surface area contributed by atoms with Gasteiger partial charge in [-0.2, -0.15) is 0 Å². The molecule has 0 atom stereocenters. The van der Waals surface area contributed by atoms with Crippen molar-refractivity contribution >= 4 is 11.7 Å².